The molecule has 3 rings (SSSR count). The van der Waals surface area contributed by atoms with Crippen LogP contribution in [0.3, 0.4) is 0 Å². The summed E-state index contributed by atoms with van der Waals surface area (Å²) in [6.45, 7) is 3.99. The Balaban J connectivity index is 2.33. The zero-order chi connectivity index (χ0) is 15.1. The minimum Gasteiger partial charge on any atom is -0.481 e. The zero-order valence-electron chi connectivity index (χ0n) is 11.7. The molecule has 0 saturated carbocycles. The fourth-order valence-electron chi connectivity index (χ4n) is 2.68. The van der Waals surface area contributed by atoms with Gasteiger partial charge in [0.15, 0.2) is 0 Å². The fraction of sp³-hybridized carbons (Fsp3) is 0.188. The number of H-pyrrole nitrogens is 1. The Labute approximate surface area is 125 Å². The van der Waals surface area contributed by atoms with Gasteiger partial charge in [-0.15, -0.1) is 11.3 Å². The van der Waals surface area contributed by atoms with Gasteiger partial charge in [0, 0.05) is 20.7 Å². The van der Waals surface area contributed by atoms with E-state index < -0.39 is 5.97 Å². The Morgan fingerprint density at radius 3 is 2.76 bits per heavy atom. The number of rotatable bonds is 3. The van der Waals surface area contributed by atoms with Crippen molar-refractivity contribution in [3.05, 3.63) is 45.4 Å². The summed E-state index contributed by atoms with van der Waals surface area (Å²) in [7, 11) is 0. The number of aliphatic carboxylic acids is 1. The number of halogens is 1. The van der Waals surface area contributed by atoms with Crippen LogP contribution in [0.4, 0.5) is 4.39 Å². The molecular weight excluding hydrogens is 289 g/mol. The Kier molecular flexibility index (Phi) is 3.29. The van der Waals surface area contributed by atoms with Gasteiger partial charge in [-0.05, 0) is 31.5 Å². The molecule has 0 unspecified atom stereocenters. The first-order chi connectivity index (χ1) is 9.97. The lowest BCUT2D eigenvalue weighted by Gasteiger charge is -2.02. The lowest BCUT2D eigenvalue weighted by molar-refractivity contribution is -0.136. The Morgan fingerprint density at radius 2 is 2.14 bits per heavy atom. The number of benzene rings is 1. The highest BCUT2D eigenvalue weighted by Gasteiger charge is 2.19. The first kappa shape index (κ1) is 13.8. The predicted octanol–water partition coefficient (Wildman–Crippen LogP) is 4.28. The molecule has 0 saturated heterocycles. The number of carboxylic acids is 1. The van der Waals surface area contributed by atoms with Gasteiger partial charge in [-0.1, -0.05) is 12.1 Å². The van der Waals surface area contributed by atoms with E-state index in [1.165, 1.54) is 6.07 Å². The highest BCUT2D eigenvalue weighted by Crippen LogP contribution is 2.36. The number of nitrogens with one attached hydrogen (secondary N) is 1. The number of fused-ring (bicyclic) bond motifs is 1. The van der Waals surface area contributed by atoms with Crippen LogP contribution in [0.1, 0.15) is 15.3 Å². The van der Waals surface area contributed by atoms with Gasteiger partial charge in [0.1, 0.15) is 5.82 Å². The van der Waals surface area contributed by atoms with Crippen molar-refractivity contribution in [2.24, 2.45) is 0 Å². The van der Waals surface area contributed by atoms with Gasteiger partial charge in [-0.3, -0.25) is 4.79 Å². The number of hydrogen-bond donors (Lipinski definition) is 2. The largest absolute Gasteiger partial charge is 0.481 e. The summed E-state index contributed by atoms with van der Waals surface area (Å²) < 4.78 is 14.0. The molecule has 108 valence electrons. The van der Waals surface area contributed by atoms with Gasteiger partial charge in [0.05, 0.1) is 17.6 Å². The van der Waals surface area contributed by atoms with Crippen LogP contribution >= 0.6 is 11.3 Å². The second kappa shape index (κ2) is 5.00. The van der Waals surface area contributed by atoms with Crippen LogP contribution < -0.4 is 0 Å². The molecule has 1 aromatic carbocycles. The van der Waals surface area contributed by atoms with Crippen molar-refractivity contribution in [2.75, 3.05) is 0 Å². The van der Waals surface area contributed by atoms with Gasteiger partial charge in [0.2, 0.25) is 0 Å². The second-order valence-corrected chi connectivity index (χ2v) is 6.50. The van der Waals surface area contributed by atoms with E-state index in [-0.39, 0.29) is 12.2 Å². The molecule has 0 aliphatic rings. The summed E-state index contributed by atoms with van der Waals surface area (Å²) in [6.07, 6.45) is -0.132. The van der Waals surface area contributed by atoms with Crippen LogP contribution in [0.15, 0.2) is 24.3 Å². The summed E-state index contributed by atoms with van der Waals surface area (Å²) in [4.78, 5) is 16.5. The van der Waals surface area contributed by atoms with Crippen molar-refractivity contribution in [2.45, 2.75) is 20.3 Å². The number of para-hydroxylation sites is 1. The highest BCUT2D eigenvalue weighted by molar-refractivity contribution is 7.12. The molecule has 2 N–H and O–H groups in total. The molecular formula is C16H14FNO2S. The smallest absolute Gasteiger partial charge is 0.307 e. The van der Waals surface area contributed by atoms with Crippen LogP contribution in [0.25, 0.3) is 22.2 Å². The van der Waals surface area contributed by atoms with Crippen molar-refractivity contribution >= 4 is 28.2 Å². The van der Waals surface area contributed by atoms with Gasteiger partial charge in [0.25, 0.3) is 0 Å². The van der Waals surface area contributed by atoms with Gasteiger partial charge in [-0.2, -0.15) is 0 Å². The Hall–Kier alpha value is -2.14. The molecule has 0 fully saturated rings. The summed E-state index contributed by atoms with van der Waals surface area (Å²) in [6, 6.07) is 6.74. The molecule has 0 aliphatic carbocycles. The Morgan fingerprint density at radius 1 is 1.38 bits per heavy atom. The second-order valence-electron chi connectivity index (χ2n) is 5.04. The topological polar surface area (TPSA) is 53.1 Å². The molecule has 0 amide bonds. The number of aromatic nitrogens is 1. The molecule has 21 heavy (non-hydrogen) atoms. The number of aryl methyl sites for hydroxylation is 2. The third-order valence-corrected chi connectivity index (χ3v) is 4.49. The Bertz CT molecular complexity index is 847. The third kappa shape index (κ3) is 2.34. The quantitative estimate of drug-likeness (QED) is 0.759. The van der Waals surface area contributed by atoms with E-state index in [0.717, 1.165) is 15.3 Å². The summed E-state index contributed by atoms with van der Waals surface area (Å²) in [5.41, 5.74) is 2.66. The van der Waals surface area contributed by atoms with Crippen LogP contribution in [0.2, 0.25) is 0 Å². The number of carboxylic acid groups (broad SMARTS) is 1. The maximum absolute atomic E-state index is 14.0. The normalized spacial score (nSPS) is 11.2. The maximum atomic E-state index is 14.0. The SMILES string of the molecule is Cc1cc(-c2[nH]c3c(F)cccc3c2CC(=O)O)c(C)s1. The first-order valence-electron chi connectivity index (χ1n) is 6.55. The molecule has 0 aliphatic heterocycles. The van der Waals surface area contributed by atoms with Crippen LogP contribution in [0, 0.1) is 19.7 Å². The van der Waals surface area contributed by atoms with E-state index in [9.17, 15) is 9.18 Å². The lowest BCUT2D eigenvalue weighted by Crippen LogP contribution is -2.00. The van der Waals surface area contributed by atoms with Crippen LogP contribution in [-0.4, -0.2) is 16.1 Å². The van der Waals surface area contributed by atoms with E-state index in [4.69, 9.17) is 5.11 Å². The number of hydrogen-bond acceptors (Lipinski definition) is 2. The molecule has 0 spiro atoms. The minimum atomic E-state index is -0.925. The number of aromatic amines is 1. The monoisotopic (exact) mass is 303 g/mol. The average molecular weight is 303 g/mol. The lowest BCUT2D eigenvalue weighted by atomic mass is 10.0. The van der Waals surface area contributed by atoms with Crippen LogP contribution in [0.5, 0.6) is 0 Å². The zero-order valence-corrected chi connectivity index (χ0v) is 12.5. The van der Waals surface area contributed by atoms with Crippen molar-refractivity contribution in [3.8, 4) is 11.3 Å². The minimum absolute atomic E-state index is 0.132. The molecule has 0 bridgehead atoms. The van der Waals surface area contributed by atoms with E-state index in [1.54, 1.807) is 23.5 Å². The molecule has 3 aromatic rings. The third-order valence-electron chi connectivity index (χ3n) is 3.53. The van der Waals surface area contributed by atoms with Gasteiger partial charge in [-0.25, -0.2) is 4.39 Å². The van der Waals surface area contributed by atoms with Crippen molar-refractivity contribution < 1.29 is 14.3 Å². The molecule has 3 nitrogen and oxygen atoms in total. The number of thiophene rings is 1. The predicted molar refractivity (Wildman–Crippen MR) is 82.4 cm³/mol. The van der Waals surface area contributed by atoms with Crippen molar-refractivity contribution in [3.63, 3.8) is 0 Å². The summed E-state index contributed by atoms with van der Waals surface area (Å²) >= 11 is 1.64. The molecule has 0 radical (unpaired) electrons. The summed E-state index contributed by atoms with van der Waals surface area (Å²) in [5, 5.41) is 9.79. The molecule has 2 aromatic heterocycles. The fourth-order valence-corrected chi connectivity index (χ4v) is 3.61. The van der Waals surface area contributed by atoms with Crippen molar-refractivity contribution in [1.29, 1.82) is 0 Å². The molecule has 0 atom stereocenters. The molecule has 5 heteroatoms. The number of carbonyl (C=O) groups is 1. The first-order valence-corrected chi connectivity index (χ1v) is 7.37. The molecule has 2 heterocycles. The average Bonchev–Trinajstić information content (AvgIpc) is 2.91. The summed E-state index contributed by atoms with van der Waals surface area (Å²) in [5.74, 6) is -1.29. The van der Waals surface area contributed by atoms with E-state index in [0.29, 0.717) is 22.2 Å². The van der Waals surface area contributed by atoms with E-state index >= 15 is 0 Å². The van der Waals surface area contributed by atoms with Gasteiger partial charge >= 0.3 is 5.97 Å². The van der Waals surface area contributed by atoms with Crippen LogP contribution in [-0.2, 0) is 11.2 Å². The van der Waals surface area contributed by atoms with E-state index in [2.05, 4.69) is 4.98 Å². The maximum Gasteiger partial charge on any atom is 0.307 e. The van der Waals surface area contributed by atoms with Gasteiger partial charge < -0.3 is 10.1 Å². The van der Waals surface area contributed by atoms with Crippen molar-refractivity contribution in [1.82, 2.24) is 4.98 Å². The highest BCUT2D eigenvalue weighted by atomic mass is 32.1. The van der Waals surface area contributed by atoms with E-state index in [1.807, 2.05) is 19.9 Å². The standard InChI is InChI=1S/C16H14FNO2S/c1-8-6-11(9(2)21-8)15-12(7-14(19)20)10-4-3-5-13(17)16(10)18-15/h3-6,18H,7H2,1-2H3,(H,19,20).